The minimum Gasteiger partial charge on any atom is -0.399 e. The van der Waals surface area contributed by atoms with Crippen molar-refractivity contribution in [2.24, 2.45) is 5.92 Å². The van der Waals surface area contributed by atoms with Crippen LogP contribution in [-0.4, -0.2) is 25.3 Å². The molecule has 0 aliphatic carbocycles. The molecule has 2 atom stereocenters. The second-order valence-electron chi connectivity index (χ2n) is 4.58. The van der Waals surface area contributed by atoms with E-state index in [0.717, 1.165) is 18.7 Å². The molecule has 0 saturated carbocycles. The Hall–Kier alpha value is -1.75. The number of carbonyl (C=O) groups excluding carboxylic acids is 1. The molecule has 1 aromatic carbocycles. The number of carbonyl (C=O) groups is 1. The first kappa shape index (κ1) is 12.7. The maximum atomic E-state index is 11.7. The van der Waals surface area contributed by atoms with E-state index >= 15 is 0 Å². The Morgan fingerprint density at radius 2 is 2.17 bits per heavy atom. The Labute approximate surface area is 107 Å². The van der Waals surface area contributed by atoms with Gasteiger partial charge in [-0.25, -0.2) is 4.79 Å². The molecule has 98 valence electrons. The van der Waals surface area contributed by atoms with Crippen molar-refractivity contribution in [3.63, 3.8) is 0 Å². The predicted octanol–water partition coefficient (Wildman–Crippen LogP) is 1.82. The largest absolute Gasteiger partial charge is 0.399 e. The lowest BCUT2D eigenvalue weighted by Crippen LogP contribution is -2.35. The molecule has 0 aromatic heterocycles. The second kappa shape index (κ2) is 5.73. The molecular weight excluding hydrogens is 230 g/mol. The molecule has 2 unspecified atom stereocenters. The summed E-state index contributed by atoms with van der Waals surface area (Å²) >= 11 is 0. The van der Waals surface area contributed by atoms with Gasteiger partial charge in [0.1, 0.15) is 0 Å². The van der Waals surface area contributed by atoms with Crippen molar-refractivity contribution in [1.29, 1.82) is 0 Å². The molecule has 5 nitrogen and oxygen atoms in total. The highest BCUT2D eigenvalue weighted by Crippen LogP contribution is 2.19. The Morgan fingerprint density at radius 1 is 1.44 bits per heavy atom. The van der Waals surface area contributed by atoms with Crippen LogP contribution in [0, 0.1) is 5.92 Å². The standard InChI is InChI=1S/C13H19N3O2/c1-9-10(6-7-18-9)8-15-13(17)16-12-4-2-11(14)3-5-12/h2-5,9-10H,6-8,14H2,1H3,(H2,15,16,17). The van der Waals surface area contributed by atoms with Crippen LogP contribution in [0.5, 0.6) is 0 Å². The van der Waals surface area contributed by atoms with E-state index < -0.39 is 0 Å². The summed E-state index contributed by atoms with van der Waals surface area (Å²) in [6, 6.07) is 6.86. The van der Waals surface area contributed by atoms with Gasteiger partial charge in [0.25, 0.3) is 0 Å². The highest BCUT2D eigenvalue weighted by molar-refractivity contribution is 5.89. The van der Waals surface area contributed by atoms with Gasteiger partial charge in [-0.2, -0.15) is 0 Å². The molecule has 18 heavy (non-hydrogen) atoms. The fourth-order valence-corrected chi connectivity index (χ4v) is 2.01. The topological polar surface area (TPSA) is 76.4 Å². The SMILES string of the molecule is CC1OCCC1CNC(=O)Nc1ccc(N)cc1. The van der Waals surface area contributed by atoms with Gasteiger partial charge in [0.15, 0.2) is 0 Å². The molecule has 1 heterocycles. The van der Waals surface area contributed by atoms with Crippen molar-refractivity contribution in [2.45, 2.75) is 19.4 Å². The quantitative estimate of drug-likeness (QED) is 0.715. The first-order chi connectivity index (χ1) is 8.65. The Morgan fingerprint density at radius 3 is 2.78 bits per heavy atom. The van der Waals surface area contributed by atoms with Crippen LogP contribution in [0.15, 0.2) is 24.3 Å². The molecule has 4 N–H and O–H groups in total. The summed E-state index contributed by atoms with van der Waals surface area (Å²) in [7, 11) is 0. The molecule has 1 saturated heterocycles. The summed E-state index contributed by atoms with van der Waals surface area (Å²) in [5.74, 6) is 0.405. The number of rotatable bonds is 3. The molecule has 1 aliphatic rings. The lowest BCUT2D eigenvalue weighted by molar-refractivity contribution is 0.106. The number of urea groups is 1. The van der Waals surface area contributed by atoms with Gasteiger partial charge < -0.3 is 21.1 Å². The molecular formula is C13H19N3O2. The zero-order valence-corrected chi connectivity index (χ0v) is 10.5. The van der Waals surface area contributed by atoms with Crippen molar-refractivity contribution in [3.05, 3.63) is 24.3 Å². The second-order valence-corrected chi connectivity index (χ2v) is 4.58. The van der Waals surface area contributed by atoms with Crippen molar-refractivity contribution >= 4 is 17.4 Å². The lowest BCUT2D eigenvalue weighted by Gasteiger charge is -2.15. The Kier molecular flexibility index (Phi) is 4.04. The summed E-state index contributed by atoms with van der Waals surface area (Å²) < 4.78 is 5.44. The van der Waals surface area contributed by atoms with E-state index in [1.165, 1.54) is 0 Å². The highest BCUT2D eigenvalue weighted by atomic mass is 16.5. The number of nitrogens with one attached hydrogen (secondary N) is 2. The normalized spacial score (nSPS) is 22.7. The summed E-state index contributed by atoms with van der Waals surface area (Å²) in [5, 5.41) is 5.62. The van der Waals surface area contributed by atoms with Crippen LogP contribution in [0.1, 0.15) is 13.3 Å². The van der Waals surface area contributed by atoms with Crippen molar-refractivity contribution in [2.75, 3.05) is 24.2 Å². The lowest BCUT2D eigenvalue weighted by atomic mass is 10.0. The van der Waals surface area contributed by atoms with E-state index in [-0.39, 0.29) is 12.1 Å². The summed E-state index contributed by atoms with van der Waals surface area (Å²) in [6.07, 6.45) is 1.23. The first-order valence-corrected chi connectivity index (χ1v) is 6.17. The fraction of sp³-hybridized carbons (Fsp3) is 0.462. The number of anilines is 2. The number of benzene rings is 1. The van der Waals surface area contributed by atoms with Gasteiger partial charge in [-0.05, 0) is 37.6 Å². The average Bonchev–Trinajstić information content (AvgIpc) is 2.75. The molecule has 0 bridgehead atoms. The number of amides is 2. The van der Waals surface area contributed by atoms with Crippen LogP contribution in [0.2, 0.25) is 0 Å². The van der Waals surface area contributed by atoms with Crippen molar-refractivity contribution in [3.8, 4) is 0 Å². The van der Waals surface area contributed by atoms with E-state index in [0.29, 0.717) is 18.2 Å². The zero-order chi connectivity index (χ0) is 13.0. The third-order valence-electron chi connectivity index (χ3n) is 3.23. The third-order valence-corrected chi connectivity index (χ3v) is 3.23. The third kappa shape index (κ3) is 3.37. The molecule has 0 spiro atoms. The van der Waals surface area contributed by atoms with Gasteiger partial charge >= 0.3 is 6.03 Å². The van der Waals surface area contributed by atoms with Crippen LogP contribution in [0.25, 0.3) is 0 Å². The summed E-state index contributed by atoms with van der Waals surface area (Å²) in [4.78, 5) is 11.7. The van der Waals surface area contributed by atoms with Crippen molar-refractivity contribution in [1.82, 2.24) is 5.32 Å². The predicted molar refractivity (Wildman–Crippen MR) is 71.4 cm³/mol. The van der Waals surface area contributed by atoms with Gasteiger partial charge in [-0.15, -0.1) is 0 Å². The van der Waals surface area contributed by atoms with Gasteiger partial charge in [0.2, 0.25) is 0 Å². The zero-order valence-electron chi connectivity index (χ0n) is 10.5. The smallest absolute Gasteiger partial charge is 0.319 e. The van der Waals surface area contributed by atoms with E-state index in [9.17, 15) is 4.79 Å². The number of nitrogens with two attached hydrogens (primary N) is 1. The van der Waals surface area contributed by atoms with E-state index in [4.69, 9.17) is 10.5 Å². The highest BCUT2D eigenvalue weighted by Gasteiger charge is 2.24. The van der Waals surface area contributed by atoms with Crippen LogP contribution >= 0.6 is 0 Å². The number of ether oxygens (including phenoxy) is 1. The minimum absolute atomic E-state index is 0.195. The van der Waals surface area contributed by atoms with Crippen LogP contribution in [0.3, 0.4) is 0 Å². The molecule has 2 amide bonds. The van der Waals surface area contributed by atoms with E-state index in [2.05, 4.69) is 10.6 Å². The Bertz CT molecular complexity index is 405. The van der Waals surface area contributed by atoms with E-state index in [1.54, 1.807) is 24.3 Å². The molecule has 1 aliphatic heterocycles. The summed E-state index contributed by atoms with van der Waals surface area (Å²) in [5.41, 5.74) is 6.98. The molecule has 1 aromatic rings. The molecule has 5 heteroatoms. The number of hydrogen-bond acceptors (Lipinski definition) is 3. The monoisotopic (exact) mass is 249 g/mol. The summed E-state index contributed by atoms with van der Waals surface area (Å²) in [6.45, 7) is 3.46. The Balaban J connectivity index is 1.76. The molecule has 0 radical (unpaired) electrons. The number of hydrogen-bond donors (Lipinski definition) is 3. The fourth-order valence-electron chi connectivity index (χ4n) is 2.01. The minimum atomic E-state index is -0.195. The van der Waals surface area contributed by atoms with E-state index in [1.807, 2.05) is 6.92 Å². The maximum absolute atomic E-state index is 11.7. The van der Waals surface area contributed by atoms with Gasteiger partial charge in [0.05, 0.1) is 6.10 Å². The van der Waals surface area contributed by atoms with Crippen LogP contribution in [-0.2, 0) is 4.74 Å². The van der Waals surface area contributed by atoms with Crippen LogP contribution < -0.4 is 16.4 Å². The molecule has 1 fully saturated rings. The molecule has 2 rings (SSSR count). The first-order valence-electron chi connectivity index (χ1n) is 6.17. The van der Waals surface area contributed by atoms with Gasteiger partial charge in [-0.1, -0.05) is 0 Å². The average molecular weight is 249 g/mol. The van der Waals surface area contributed by atoms with Crippen molar-refractivity contribution < 1.29 is 9.53 Å². The maximum Gasteiger partial charge on any atom is 0.319 e. The van der Waals surface area contributed by atoms with Gasteiger partial charge in [-0.3, -0.25) is 0 Å². The van der Waals surface area contributed by atoms with Gasteiger partial charge in [0, 0.05) is 30.4 Å². The van der Waals surface area contributed by atoms with Crippen LogP contribution in [0.4, 0.5) is 16.2 Å². The number of nitrogen functional groups attached to an aromatic ring is 1.